The molecule has 0 radical (unpaired) electrons. The van der Waals surface area contributed by atoms with Crippen LogP contribution in [0.4, 0.5) is 5.69 Å². The third-order valence-corrected chi connectivity index (χ3v) is 5.29. The Kier molecular flexibility index (Phi) is 3.83. The predicted molar refractivity (Wildman–Crippen MR) is 87.9 cm³/mol. The zero-order valence-electron chi connectivity index (χ0n) is 12.4. The first-order valence-electron chi connectivity index (χ1n) is 7.33. The normalized spacial score (nSPS) is 16.0. The third-order valence-electron chi connectivity index (χ3n) is 4.25. The van der Waals surface area contributed by atoms with Crippen molar-refractivity contribution in [3.05, 3.63) is 51.2 Å². The van der Waals surface area contributed by atoms with Crippen molar-refractivity contribution in [3.63, 3.8) is 0 Å². The molecule has 0 bridgehead atoms. The summed E-state index contributed by atoms with van der Waals surface area (Å²) in [4.78, 5) is 14.7. The lowest BCUT2D eigenvalue weighted by Crippen LogP contribution is -2.31. The van der Waals surface area contributed by atoms with Gasteiger partial charge in [-0.25, -0.2) is 0 Å². The number of anilines is 1. The first-order valence-corrected chi connectivity index (χ1v) is 8.21. The van der Waals surface area contributed by atoms with E-state index in [1.807, 2.05) is 13.1 Å². The zero-order chi connectivity index (χ0) is 15.0. The van der Waals surface area contributed by atoms with Gasteiger partial charge in [0.25, 0.3) is 0 Å². The van der Waals surface area contributed by atoms with Gasteiger partial charge in [-0.3, -0.25) is 4.79 Å². The highest BCUT2D eigenvalue weighted by atomic mass is 32.1. The van der Waals surface area contributed by atoms with E-state index in [2.05, 4.69) is 30.5 Å². The highest BCUT2D eigenvalue weighted by Gasteiger charge is 2.22. The Morgan fingerprint density at radius 1 is 1.33 bits per heavy atom. The summed E-state index contributed by atoms with van der Waals surface area (Å²) in [6.45, 7) is 2.16. The topological polar surface area (TPSA) is 46.3 Å². The molecule has 0 spiro atoms. The van der Waals surface area contributed by atoms with Crippen molar-refractivity contribution in [2.45, 2.75) is 32.2 Å². The number of carbonyl (C=O) groups excluding carboxylic acids is 1. The molecular weight excluding hydrogens is 280 g/mol. The van der Waals surface area contributed by atoms with Gasteiger partial charge in [0.15, 0.2) is 0 Å². The monoisotopic (exact) mass is 300 g/mol. The number of benzene rings is 1. The van der Waals surface area contributed by atoms with Crippen LogP contribution in [-0.2, 0) is 17.6 Å². The zero-order valence-corrected chi connectivity index (χ0v) is 13.2. The lowest BCUT2D eigenvalue weighted by atomic mass is 9.95. The fraction of sp³-hybridized carbons (Fsp3) is 0.353. The molecule has 2 heterocycles. The van der Waals surface area contributed by atoms with Gasteiger partial charge in [0, 0.05) is 24.0 Å². The molecule has 0 fully saturated rings. The van der Waals surface area contributed by atoms with E-state index in [4.69, 9.17) is 5.73 Å². The minimum absolute atomic E-state index is 0.0758. The number of hydrogen-bond acceptors (Lipinski definition) is 3. The van der Waals surface area contributed by atoms with E-state index in [0.29, 0.717) is 6.42 Å². The number of hydrogen-bond donors (Lipinski definition) is 1. The summed E-state index contributed by atoms with van der Waals surface area (Å²) in [6.07, 6.45) is 2.40. The standard InChI is InChI=1S/C17H20N2OS/c1-3-11-8-9-21-17(11)16(18)13-4-6-14-12(10-13)5-7-15(20)19(14)2/h4,6,8-10,16H,3,5,7,18H2,1-2H3. The second-order valence-electron chi connectivity index (χ2n) is 5.48. The molecule has 110 valence electrons. The van der Waals surface area contributed by atoms with Crippen LogP contribution in [0.15, 0.2) is 29.6 Å². The van der Waals surface area contributed by atoms with Crippen LogP contribution in [0.2, 0.25) is 0 Å². The van der Waals surface area contributed by atoms with Crippen molar-refractivity contribution < 1.29 is 4.79 Å². The maximum atomic E-state index is 11.7. The third kappa shape index (κ3) is 2.49. The van der Waals surface area contributed by atoms with Crippen LogP contribution in [0.25, 0.3) is 0 Å². The highest BCUT2D eigenvalue weighted by Crippen LogP contribution is 2.33. The Bertz CT molecular complexity index is 677. The summed E-state index contributed by atoms with van der Waals surface area (Å²) in [7, 11) is 1.84. The summed E-state index contributed by atoms with van der Waals surface area (Å²) in [5, 5.41) is 2.11. The smallest absolute Gasteiger partial charge is 0.227 e. The maximum absolute atomic E-state index is 11.7. The average molecular weight is 300 g/mol. The molecule has 2 aromatic rings. The van der Waals surface area contributed by atoms with Gasteiger partial charge >= 0.3 is 0 Å². The Morgan fingerprint density at radius 3 is 2.90 bits per heavy atom. The number of thiophene rings is 1. The Balaban J connectivity index is 1.96. The second kappa shape index (κ2) is 5.62. The minimum Gasteiger partial charge on any atom is -0.320 e. The molecule has 2 N–H and O–H groups in total. The van der Waals surface area contributed by atoms with Crippen LogP contribution in [0, 0.1) is 0 Å². The molecule has 0 saturated carbocycles. The Morgan fingerprint density at radius 2 is 2.14 bits per heavy atom. The van der Waals surface area contributed by atoms with Crippen molar-refractivity contribution in [2.24, 2.45) is 5.73 Å². The highest BCUT2D eigenvalue weighted by molar-refractivity contribution is 7.10. The van der Waals surface area contributed by atoms with Crippen LogP contribution in [0.1, 0.15) is 41.0 Å². The molecule has 0 aliphatic carbocycles. The minimum atomic E-state index is -0.0758. The largest absolute Gasteiger partial charge is 0.320 e. The van der Waals surface area contributed by atoms with E-state index in [1.54, 1.807) is 16.2 Å². The molecule has 1 aliphatic rings. The van der Waals surface area contributed by atoms with Gasteiger partial charge in [-0.2, -0.15) is 0 Å². The van der Waals surface area contributed by atoms with Crippen molar-refractivity contribution in [2.75, 3.05) is 11.9 Å². The van der Waals surface area contributed by atoms with Crippen LogP contribution in [0.3, 0.4) is 0 Å². The molecule has 4 heteroatoms. The predicted octanol–water partition coefficient (Wildman–Crippen LogP) is 3.27. The molecule has 1 aromatic carbocycles. The van der Waals surface area contributed by atoms with Gasteiger partial charge in [0.2, 0.25) is 5.91 Å². The fourth-order valence-electron chi connectivity index (χ4n) is 2.93. The van der Waals surface area contributed by atoms with Crippen LogP contribution in [-0.4, -0.2) is 13.0 Å². The molecule has 1 unspecified atom stereocenters. The summed E-state index contributed by atoms with van der Waals surface area (Å²) in [5.74, 6) is 0.186. The molecule has 1 aliphatic heterocycles. The van der Waals surface area contributed by atoms with Crippen LogP contribution < -0.4 is 10.6 Å². The van der Waals surface area contributed by atoms with E-state index in [9.17, 15) is 4.79 Å². The number of carbonyl (C=O) groups is 1. The Labute approximate surface area is 129 Å². The van der Waals surface area contributed by atoms with E-state index in [1.165, 1.54) is 16.0 Å². The van der Waals surface area contributed by atoms with Gasteiger partial charge < -0.3 is 10.6 Å². The summed E-state index contributed by atoms with van der Waals surface area (Å²) in [6, 6.07) is 8.33. The van der Waals surface area contributed by atoms with Gasteiger partial charge in [-0.15, -0.1) is 11.3 Å². The molecule has 1 amide bonds. The van der Waals surface area contributed by atoms with Gasteiger partial charge in [-0.1, -0.05) is 19.1 Å². The van der Waals surface area contributed by atoms with E-state index in [0.717, 1.165) is 24.1 Å². The lowest BCUT2D eigenvalue weighted by Gasteiger charge is -2.27. The number of amides is 1. The first kappa shape index (κ1) is 14.3. The quantitative estimate of drug-likeness (QED) is 0.945. The fourth-order valence-corrected chi connectivity index (χ4v) is 3.96. The van der Waals surface area contributed by atoms with E-state index < -0.39 is 0 Å². The number of nitrogens with zero attached hydrogens (tertiary/aromatic N) is 1. The second-order valence-corrected chi connectivity index (χ2v) is 6.43. The van der Waals surface area contributed by atoms with Crippen molar-refractivity contribution in [1.29, 1.82) is 0 Å². The van der Waals surface area contributed by atoms with Gasteiger partial charge in [0.05, 0.1) is 6.04 Å². The maximum Gasteiger partial charge on any atom is 0.227 e. The molecule has 1 atom stereocenters. The van der Waals surface area contributed by atoms with Gasteiger partial charge in [-0.05, 0) is 47.0 Å². The molecule has 3 nitrogen and oxygen atoms in total. The lowest BCUT2D eigenvalue weighted by molar-refractivity contribution is -0.118. The van der Waals surface area contributed by atoms with E-state index >= 15 is 0 Å². The van der Waals surface area contributed by atoms with E-state index in [-0.39, 0.29) is 11.9 Å². The number of nitrogens with two attached hydrogens (primary N) is 1. The number of rotatable bonds is 3. The number of aryl methyl sites for hydroxylation is 2. The van der Waals surface area contributed by atoms with Crippen molar-refractivity contribution in [1.82, 2.24) is 0 Å². The first-order chi connectivity index (χ1) is 10.1. The molecule has 1 aromatic heterocycles. The van der Waals surface area contributed by atoms with Crippen molar-refractivity contribution in [3.8, 4) is 0 Å². The van der Waals surface area contributed by atoms with Crippen LogP contribution >= 0.6 is 11.3 Å². The SMILES string of the molecule is CCc1ccsc1C(N)c1ccc2c(c1)CCC(=O)N2C. The van der Waals surface area contributed by atoms with Crippen LogP contribution in [0.5, 0.6) is 0 Å². The summed E-state index contributed by atoms with van der Waals surface area (Å²) < 4.78 is 0. The number of fused-ring (bicyclic) bond motifs is 1. The molecule has 3 rings (SSSR count). The Hall–Kier alpha value is -1.65. The average Bonchev–Trinajstić information content (AvgIpc) is 2.98. The summed E-state index contributed by atoms with van der Waals surface area (Å²) >= 11 is 1.73. The summed E-state index contributed by atoms with van der Waals surface area (Å²) in [5.41, 5.74) is 11.2. The van der Waals surface area contributed by atoms with Crippen molar-refractivity contribution >= 4 is 22.9 Å². The molecule has 0 saturated heterocycles. The molecule has 21 heavy (non-hydrogen) atoms. The molecular formula is C17H20N2OS. The van der Waals surface area contributed by atoms with Gasteiger partial charge in [0.1, 0.15) is 0 Å².